The molecule has 0 saturated carbocycles. The molecule has 192 valence electrons. The van der Waals surface area contributed by atoms with Crippen molar-refractivity contribution in [3.63, 3.8) is 0 Å². The van der Waals surface area contributed by atoms with Crippen LogP contribution in [0, 0.1) is 0 Å². The highest BCUT2D eigenvalue weighted by molar-refractivity contribution is 5.80. The lowest BCUT2D eigenvalue weighted by atomic mass is 9.98. The molecule has 2 N–H and O–H groups in total. The van der Waals surface area contributed by atoms with Crippen LogP contribution in [0.15, 0.2) is 89.5 Å². The Kier molecular flexibility index (Phi) is 7.04. The summed E-state index contributed by atoms with van der Waals surface area (Å²) in [5.41, 5.74) is 5.29. The first-order chi connectivity index (χ1) is 18.5. The highest BCUT2D eigenvalue weighted by Crippen LogP contribution is 2.28. The molecule has 1 unspecified atom stereocenters. The summed E-state index contributed by atoms with van der Waals surface area (Å²) < 4.78 is 3.22. The number of aliphatic carboxylic acids is 1. The number of rotatable bonds is 8. The van der Waals surface area contributed by atoms with Gasteiger partial charge in [0.05, 0.1) is 29.5 Å². The second-order valence-corrected chi connectivity index (χ2v) is 9.14. The average molecular weight is 508 g/mol. The summed E-state index contributed by atoms with van der Waals surface area (Å²) in [6, 6.07) is 10.6. The van der Waals surface area contributed by atoms with Crippen molar-refractivity contribution in [2.45, 2.75) is 39.0 Å². The summed E-state index contributed by atoms with van der Waals surface area (Å²) in [4.78, 5) is 37.2. The molecule has 8 nitrogen and oxygen atoms in total. The second-order valence-electron chi connectivity index (χ2n) is 9.14. The van der Waals surface area contributed by atoms with Crippen LogP contribution in [-0.2, 0) is 11.2 Å². The van der Waals surface area contributed by atoms with E-state index in [0.29, 0.717) is 28.8 Å². The summed E-state index contributed by atoms with van der Waals surface area (Å²) >= 11 is 0. The summed E-state index contributed by atoms with van der Waals surface area (Å²) in [6.45, 7) is 4.17. The van der Waals surface area contributed by atoms with Crippen molar-refractivity contribution >= 4 is 28.9 Å². The number of fused-ring (bicyclic) bond motifs is 1. The fourth-order valence-corrected chi connectivity index (χ4v) is 4.67. The molecular weight excluding hydrogens is 478 g/mol. The fourth-order valence-electron chi connectivity index (χ4n) is 4.67. The van der Waals surface area contributed by atoms with Gasteiger partial charge in [-0.25, -0.2) is 19.3 Å². The number of allylic oxidation sites excluding steroid dienone is 7. The van der Waals surface area contributed by atoms with E-state index in [-0.39, 0.29) is 18.0 Å². The van der Waals surface area contributed by atoms with Crippen molar-refractivity contribution < 1.29 is 9.90 Å². The quantitative estimate of drug-likeness (QED) is 0.307. The van der Waals surface area contributed by atoms with Crippen LogP contribution in [0.1, 0.15) is 49.7 Å². The minimum atomic E-state index is -0.899. The number of pyridine rings is 1. The molecule has 1 aromatic carbocycles. The Morgan fingerprint density at radius 2 is 2.00 bits per heavy atom. The molecule has 1 atom stereocenters. The van der Waals surface area contributed by atoms with E-state index in [2.05, 4.69) is 40.1 Å². The lowest BCUT2D eigenvalue weighted by molar-refractivity contribution is -0.136. The SMILES string of the molecule is C/C=C(\C=C/c1cnc(C2C=CC(n3c(=O)n(-c4ccc(CC(=O)O)cc4)c4ncccc43)=CC2)[nH]1)CC. The minimum absolute atomic E-state index is 0.0724. The highest BCUT2D eigenvalue weighted by Gasteiger charge is 2.21. The lowest BCUT2D eigenvalue weighted by Gasteiger charge is -2.15. The van der Waals surface area contributed by atoms with E-state index in [4.69, 9.17) is 5.11 Å². The number of imidazole rings is 2. The molecule has 3 aromatic heterocycles. The molecule has 0 radical (unpaired) electrons. The van der Waals surface area contributed by atoms with E-state index >= 15 is 0 Å². The number of H-pyrrole nitrogens is 1. The van der Waals surface area contributed by atoms with Crippen LogP contribution < -0.4 is 5.69 Å². The molecule has 8 heteroatoms. The molecule has 1 aliphatic carbocycles. The van der Waals surface area contributed by atoms with Crippen LogP contribution in [0.2, 0.25) is 0 Å². The zero-order chi connectivity index (χ0) is 26.6. The zero-order valence-electron chi connectivity index (χ0n) is 21.3. The maximum atomic E-state index is 13.7. The molecule has 0 bridgehead atoms. The van der Waals surface area contributed by atoms with Crippen molar-refractivity contribution in [1.82, 2.24) is 24.1 Å². The number of hydrogen-bond donors (Lipinski definition) is 2. The molecule has 1 aliphatic rings. The van der Waals surface area contributed by atoms with Gasteiger partial charge in [-0.05, 0) is 61.7 Å². The number of benzene rings is 1. The smallest absolute Gasteiger partial charge is 0.339 e. The Hall–Kier alpha value is -4.72. The molecular formula is C30H29N5O3. The molecule has 0 spiro atoms. The normalized spacial score (nSPS) is 15.9. The Balaban J connectivity index is 1.43. The summed E-state index contributed by atoms with van der Waals surface area (Å²) in [5, 5.41) is 9.05. The maximum Gasteiger partial charge on any atom is 0.339 e. The van der Waals surface area contributed by atoms with Crippen molar-refractivity contribution in [1.29, 1.82) is 0 Å². The standard InChI is InChI=1S/C30H29N5O3/c1-3-20(4-2)7-12-23-19-32-28(33-23)22-10-15-24(16-11-22)34-26-6-5-17-31-29(26)35(30(34)38)25-13-8-21(9-14-25)18-27(36)37/h3,5-10,12-17,19,22H,4,11,18H2,1-2H3,(H,32,33)(H,36,37)/b12-7-,20-3-. The third kappa shape index (κ3) is 4.93. The van der Waals surface area contributed by atoms with Crippen molar-refractivity contribution in [2.75, 3.05) is 0 Å². The van der Waals surface area contributed by atoms with Gasteiger partial charge in [0.1, 0.15) is 5.82 Å². The number of nitrogens with one attached hydrogen (secondary N) is 1. The third-order valence-electron chi connectivity index (χ3n) is 6.71. The van der Waals surface area contributed by atoms with Crippen molar-refractivity contribution in [3.05, 3.63) is 112 Å². The van der Waals surface area contributed by atoms with Gasteiger partial charge in [0.15, 0.2) is 5.65 Å². The van der Waals surface area contributed by atoms with Gasteiger partial charge in [-0.3, -0.25) is 9.36 Å². The molecule has 3 heterocycles. The van der Waals surface area contributed by atoms with Gasteiger partial charge in [0.25, 0.3) is 0 Å². The van der Waals surface area contributed by atoms with Crippen LogP contribution in [0.25, 0.3) is 28.6 Å². The van der Waals surface area contributed by atoms with E-state index in [1.807, 2.05) is 43.5 Å². The lowest BCUT2D eigenvalue weighted by Crippen LogP contribution is -2.23. The maximum absolute atomic E-state index is 13.7. The number of nitrogens with zero attached hydrogens (tertiary/aromatic N) is 4. The number of aromatic amines is 1. The monoisotopic (exact) mass is 507 g/mol. The highest BCUT2D eigenvalue weighted by atomic mass is 16.4. The molecule has 0 saturated heterocycles. The van der Waals surface area contributed by atoms with Crippen molar-refractivity contribution in [2.24, 2.45) is 0 Å². The predicted molar refractivity (Wildman–Crippen MR) is 149 cm³/mol. The van der Waals surface area contributed by atoms with E-state index in [0.717, 1.165) is 23.6 Å². The molecule has 0 amide bonds. The minimum Gasteiger partial charge on any atom is -0.481 e. The van der Waals surface area contributed by atoms with Gasteiger partial charge >= 0.3 is 11.7 Å². The van der Waals surface area contributed by atoms with E-state index in [9.17, 15) is 9.59 Å². The molecule has 4 aromatic rings. The van der Waals surface area contributed by atoms with Crippen LogP contribution >= 0.6 is 0 Å². The number of aromatic nitrogens is 5. The molecule has 38 heavy (non-hydrogen) atoms. The topological polar surface area (TPSA) is 106 Å². The van der Waals surface area contributed by atoms with Crippen LogP contribution in [0.3, 0.4) is 0 Å². The molecule has 0 fully saturated rings. The first kappa shape index (κ1) is 25.0. The Morgan fingerprint density at radius 3 is 2.68 bits per heavy atom. The number of carboxylic acid groups (broad SMARTS) is 1. The molecule has 0 aliphatic heterocycles. The van der Waals surface area contributed by atoms with Gasteiger partial charge in [-0.2, -0.15) is 0 Å². The Bertz CT molecular complexity index is 1660. The zero-order valence-corrected chi connectivity index (χ0v) is 21.3. The second kappa shape index (κ2) is 10.7. The largest absolute Gasteiger partial charge is 0.481 e. The fraction of sp³-hybridized carbons (Fsp3) is 0.200. The van der Waals surface area contributed by atoms with E-state index in [1.165, 1.54) is 5.57 Å². The summed E-state index contributed by atoms with van der Waals surface area (Å²) in [5.74, 6) is 0.0638. The number of carbonyl (C=O) groups is 1. The van der Waals surface area contributed by atoms with Gasteiger partial charge in [0.2, 0.25) is 0 Å². The third-order valence-corrected chi connectivity index (χ3v) is 6.71. The Morgan fingerprint density at radius 1 is 1.18 bits per heavy atom. The summed E-state index contributed by atoms with van der Waals surface area (Å²) in [6.07, 6.45) is 17.4. The van der Waals surface area contributed by atoms with Crippen LogP contribution in [-0.4, -0.2) is 35.2 Å². The molecule has 5 rings (SSSR count). The number of hydrogen-bond acceptors (Lipinski definition) is 4. The van der Waals surface area contributed by atoms with Gasteiger partial charge < -0.3 is 10.1 Å². The van der Waals surface area contributed by atoms with Gasteiger partial charge in [0, 0.05) is 17.8 Å². The van der Waals surface area contributed by atoms with Gasteiger partial charge in [-0.15, -0.1) is 0 Å². The predicted octanol–water partition coefficient (Wildman–Crippen LogP) is 5.49. The number of carboxylic acids is 1. The summed E-state index contributed by atoms with van der Waals surface area (Å²) in [7, 11) is 0. The van der Waals surface area contributed by atoms with E-state index < -0.39 is 5.97 Å². The Labute approximate surface area is 220 Å². The first-order valence-electron chi connectivity index (χ1n) is 12.6. The van der Waals surface area contributed by atoms with Crippen molar-refractivity contribution in [3.8, 4) is 5.69 Å². The average Bonchev–Trinajstić information content (AvgIpc) is 3.52. The van der Waals surface area contributed by atoms with Crippen LogP contribution in [0.4, 0.5) is 0 Å². The van der Waals surface area contributed by atoms with E-state index in [1.54, 1.807) is 39.6 Å². The van der Waals surface area contributed by atoms with Gasteiger partial charge in [-0.1, -0.05) is 48.9 Å². The van der Waals surface area contributed by atoms with Crippen LogP contribution in [0.5, 0.6) is 0 Å². The first-order valence-corrected chi connectivity index (χ1v) is 12.6.